The van der Waals surface area contributed by atoms with Crippen molar-refractivity contribution in [2.24, 2.45) is 0 Å². The third-order valence-corrected chi connectivity index (χ3v) is 2.25. The van der Waals surface area contributed by atoms with Gasteiger partial charge in [-0.3, -0.25) is 4.79 Å². The van der Waals surface area contributed by atoms with Crippen LogP contribution in [-0.4, -0.2) is 41.8 Å². The third kappa shape index (κ3) is 4.74. The van der Waals surface area contributed by atoms with Crippen LogP contribution in [0, 0.1) is 0 Å². The molecule has 0 amide bonds. The Balaban J connectivity index is 2.73. The van der Waals surface area contributed by atoms with E-state index in [0.29, 0.717) is 11.3 Å². The molecule has 6 heteroatoms. The van der Waals surface area contributed by atoms with Crippen molar-refractivity contribution in [1.29, 1.82) is 0 Å². The Labute approximate surface area is 116 Å². The maximum absolute atomic E-state index is 11.4. The summed E-state index contributed by atoms with van der Waals surface area (Å²) in [4.78, 5) is 22.5. The summed E-state index contributed by atoms with van der Waals surface area (Å²) in [6, 6.07) is 6.20. The summed E-state index contributed by atoms with van der Waals surface area (Å²) < 4.78 is 9.66. The van der Waals surface area contributed by atoms with Gasteiger partial charge < -0.3 is 19.7 Å². The molecule has 0 radical (unpaired) electrons. The second-order valence-corrected chi connectivity index (χ2v) is 3.71. The number of esters is 1. The third-order valence-electron chi connectivity index (χ3n) is 2.25. The lowest BCUT2D eigenvalue weighted by molar-refractivity contribution is -0.151. The molecule has 0 spiro atoms. The number of rotatable bonds is 7. The molecule has 0 aliphatic rings. The van der Waals surface area contributed by atoms with Crippen LogP contribution in [0.25, 0.3) is 5.76 Å². The zero-order valence-corrected chi connectivity index (χ0v) is 11.0. The first kappa shape index (κ1) is 15.7. The van der Waals surface area contributed by atoms with E-state index >= 15 is 0 Å². The molecule has 0 aliphatic carbocycles. The zero-order chi connectivity index (χ0) is 15.0. The van der Waals surface area contributed by atoms with Crippen molar-refractivity contribution in [3.63, 3.8) is 0 Å². The molecule has 1 aromatic carbocycles. The van der Waals surface area contributed by atoms with Crippen LogP contribution < -0.4 is 4.74 Å². The fourth-order valence-corrected chi connectivity index (χ4v) is 1.35. The molecule has 0 fully saturated rings. The van der Waals surface area contributed by atoms with Gasteiger partial charge in [-0.2, -0.15) is 0 Å². The first-order valence-corrected chi connectivity index (χ1v) is 6.04. The maximum atomic E-state index is 11.4. The van der Waals surface area contributed by atoms with Crippen LogP contribution in [0.5, 0.6) is 5.75 Å². The molecular formula is C14H16O6. The van der Waals surface area contributed by atoms with Crippen LogP contribution in [0.2, 0.25) is 0 Å². The van der Waals surface area contributed by atoms with Crippen molar-refractivity contribution in [2.45, 2.75) is 6.92 Å². The van der Waals surface area contributed by atoms with Crippen molar-refractivity contribution < 1.29 is 29.3 Å². The first-order chi connectivity index (χ1) is 9.58. The SMILES string of the molecule is CCOC(=O)C(=O)C=C(O)c1ccc(OCCO)cc1. The van der Waals surface area contributed by atoms with E-state index in [9.17, 15) is 14.7 Å². The summed E-state index contributed by atoms with van der Waals surface area (Å²) in [5.41, 5.74) is 0.360. The normalized spacial score (nSPS) is 11.0. The average Bonchev–Trinajstić information content (AvgIpc) is 2.45. The Kier molecular flexibility index (Phi) is 6.25. The first-order valence-electron chi connectivity index (χ1n) is 6.04. The predicted molar refractivity (Wildman–Crippen MR) is 71.3 cm³/mol. The fraction of sp³-hybridized carbons (Fsp3) is 0.286. The van der Waals surface area contributed by atoms with E-state index in [2.05, 4.69) is 4.74 Å². The van der Waals surface area contributed by atoms with E-state index in [0.717, 1.165) is 6.08 Å². The van der Waals surface area contributed by atoms with Crippen molar-refractivity contribution in [3.05, 3.63) is 35.9 Å². The quantitative estimate of drug-likeness (QED) is 0.336. The lowest BCUT2D eigenvalue weighted by Gasteiger charge is -2.05. The maximum Gasteiger partial charge on any atom is 0.379 e. The van der Waals surface area contributed by atoms with Crippen molar-refractivity contribution in [2.75, 3.05) is 19.8 Å². The number of benzene rings is 1. The van der Waals surface area contributed by atoms with Gasteiger partial charge in [-0.25, -0.2) is 4.79 Å². The molecule has 0 aromatic heterocycles. The van der Waals surface area contributed by atoms with Crippen LogP contribution in [0.1, 0.15) is 12.5 Å². The topological polar surface area (TPSA) is 93.1 Å². The largest absolute Gasteiger partial charge is 0.507 e. The summed E-state index contributed by atoms with van der Waals surface area (Å²) in [5.74, 6) is -1.75. The summed E-state index contributed by atoms with van der Waals surface area (Å²) >= 11 is 0. The van der Waals surface area contributed by atoms with Crippen LogP contribution in [0.3, 0.4) is 0 Å². The summed E-state index contributed by atoms with van der Waals surface area (Å²) in [7, 11) is 0. The van der Waals surface area contributed by atoms with E-state index in [1.54, 1.807) is 19.1 Å². The van der Waals surface area contributed by atoms with Crippen LogP contribution >= 0.6 is 0 Å². The van der Waals surface area contributed by atoms with Gasteiger partial charge in [0, 0.05) is 11.6 Å². The lowest BCUT2D eigenvalue weighted by atomic mass is 10.1. The highest BCUT2D eigenvalue weighted by Crippen LogP contribution is 2.17. The van der Waals surface area contributed by atoms with E-state index in [1.165, 1.54) is 12.1 Å². The molecule has 20 heavy (non-hydrogen) atoms. The Morgan fingerprint density at radius 2 is 1.90 bits per heavy atom. The van der Waals surface area contributed by atoms with Gasteiger partial charge in [-0.05, 0) is 31.2 Å². The Morgan fingerprint density at radius 3 is 2.45 bits per heavy atom. The van der Waals surface area contributed by atoms with Crippen LogP contribution in [-0.2, 0) is 14.3 Å². The highest BCUT2D eigenvalue weighted by molar-refractivity contribution is 6.39. The molecule has 1 aromatic rings. The minimum Gasteiger partial charge on any atom is -0.507 e. The molecule has 0 bridgehead atoms. The minimum atomic E-state index is -1.01. The van der Waals surface area contributed by atoms with Crippen molar-refractivity contribution in [3.8, 4) is 5.75 Å². The number of aliphatic hydroxyl groups excluding tert-OH is 2. The molecule has 108 valence electrons. The van der Waals surface area contributed by atoms with Crippen LogP contribution in [0.15, 0.2) is 30.3 Å². The highest BCUT2D eigenvalue weighted by Gasteiger charge is 2.13. The van der Waals surface area contributed by atoms with Gasteiger partial charge in [-0.1, -0.05) is 0 Å². The lowest BCUT2D eigenvalue weighted by Crippen LogP contribution is -2.15. The predicted octanol–water partition coefficient (Wildman–Crippen LogP) is 1.09. The summed E-state index contributed by atoms with van der Waals surface area (Å²) in [5, 5.41) is 18.3. The molecule has 0 unspecified atom stereocenters. The molecule has 0 saturated heterocycles. The van der Waals surface area contributed by atoms with Gasteiger partial charge in [0.25, 0.3) is 5.78 Å². The molecule has 0 atom stereocenters. The van der Waals surface area contributed by atoms with Gasteiger partial charge in [0.1, 0.15) is 18.1 Å². The monoisotopic (exact) mass is 280 g/mol. The van der Waals surface area contributed by atoms with Gasteiger partial charge in [-0.15, -0.1) is 0 Å². The van der Waals surface area contributed by atoms with Crippen LogP contribution in [0.4, 0.5) is 0 Å². The zero-order valence-electron chi connectivity index (χ0n) is 11.0. The number of ketones is 1. The number of ether oxygens (including phenoxy) is 2. The Morgan fingerprint density at radius 1 is 1.25 bits per heavy atom. The molecular weight excluding hydrogens is 264 g/mol. The Hall–Kier alpha value is -2.34. The van der Waals surface area contributed by atoms with Gasteiger partial charge in [0.15, 0.2) is 0 Å². The van der Waals surface area contributed by atoms with E-state index in [1.807, 2.05) is 0 Å². The fourth-order valence-electron chi connectivity index (χ4n) is 1.35. The Bertz CT molecular complexity index is 489. The van der Waals surface area contributed by atoms with E-state index in [4.69, 9.17) is 9.84 Å². The number of hydrogen-bond donors (Lipinski definition) is 2. The molecule has 0 aliphatic heterocycles. The van der Waals surface area contributed by atoms with Crippen molar-refractivity contribution >= 4 is 17.5 Å². The standard InChI is InChI=1S/C14H16O6/c1-2-19-14(18)13(17)9-12(16)10-3-5-11(6-4-10)20-8-7-15/h3-6,9,15-16H,2,7-8H2,1H3. The number of hydrogen-bond acceptors (Lipinski definition) is 6. The minimum absolute atomic E-state index is 0.0933. The van der Waals surface area contributed by atoms with Gasteiger partial charge in [0.2, 0.25) is 0 Å². The number of carbonyl (C=O) groups excluding carboxylic acids is 2. The number of carbonyl (C=O) groups is 2. The molecule has 0 saturated carbocycles. The molecule has 0 heterocycles. The van der Waals surface area contributed by atoms with Crippen molar-refractivity contribution in [1.82, 2.24) is 0 Å². The average molecular weight is 280 g/mol. The summed E-state index contributed by atoms with van der Waals surface area (Å²) in [6.07, 6.45) is 0.807. The second kappa shape index (κ2) is 7.96. The molecule has 1 rings (SSSR count). The van der Waals surface area contributed by atoms with E-state index < -0.39 is 11.8 Å². The van der Waals surface area contributed by atoms with E-state index in [-0.39, 0.29) is 25.6 Å². The molecule has 2 N–H and O–H groups in total. The number of aliphatic hydroxyl groups is 2. The summed E-state index contributed by atoms with van der Waals surface area (Å²) in [6.45, 7) is 1.75. The van der Waals surface area contributed by atoms with Gasteiger partial charge >= 0.3 is 5.97 Å². The second-order valence-electron chi connectivity index (χ2n) is 3.71. The smallest absolute Gasteiger partial charge is 0.379 e. The molecule has 6 nitrogen and oxygen atoms in total. The van der Waals surface area contributed by atoms with Gasteiger partial charge in [0.05, 0.1) is 13.2 Å². The highest BCUT2D eigenvalue weighted by atomic mass is 16.5.